The number of carbonyl (C=O) groups excluding carboxylic acids is 1. The van der Waals surface area contributed by atoms with Crippen LogP contribution in [0.25, 0.3) is 0 Å². The van der Waals surface area contributed by atoms with E-state index in [0.717, 1.165) is 57.3 Å². The Morgan fingerprint density at radius 3 is 2.64 bits per heavy atom. The molecule has 1 aromatic heterocycles. The second kappa shape index (κ2) is 11.0. The summed E-state index contributed by atoms with van der Waals surface area (Å²) in [7, 11) is 0. The second-order valence-corrected chi connectivity index (χ2v) is 7.19. The first-order valence-corrected chi connectivity index (χ1v) is 10.1. The van der Waals surface area contributed by atoms with E-state index >= 15 is 0 Å². The van der Waals surface area contributed by atoms with E-state index in [-0.39, 0.29) is 5.91 Å². The fourth-order valence-corrected chi connectivity index (χ4v) is 3.33. The van der Waals surface area contributed by atoms with Gasteiger partial charge in [0.1, 0.15) is 11.5 Å². The molecule has 0 aliphatic carbocycles. The molecule has 1 fully saturated rings. The molecule has 6 nitrogen and oxygen atoms in total. The molecule has 2 aromatic rings. The van der Waals surface area contributed by atoms with Gasteiger partial charge in [-0.25, -0.2) is 0 Å². The third kappa shape index (κ3) is 6.78. The number of morpholine rings is 1. The van der Waals surface area contributed by atoms with E-state index in [1.54, 1.807) is 0 Å². The highest BCUT2D eigenvalue weighted by atomic mass is 16.5. The first-order valence-electron chi connectivity index (χ1n) is 10.1. The lowest BCUT2D eigenvalue weighted by Gasteiger charge is -2.27. The monoisotopic (exact) mass is 385 g/mol. The van der Waals surface area contributed by atoms with Gasteiger partial charge in [0.05, 0.1) is 26.3 Å². The van der Waals surface area contributed by atoms with Crippen molar-refractivity contribution in [2.24, 2.45) is 0 Å². The minimum atomic E-state index is 0.104. The van der Waals surface area contributed by atoms with Crippen LogP contribution in [0.4, 0.5) is 0 Å². The quantitative estimate of drug-likeness (QED) is 0.635. The van der Waals surface area contributed by atoms with Gasteiger partial charge in [0.15, 0.2) is 0 Å². The number of rotatable bonds is 10. The zero-order valence-corrected chi connectivity index (χ0v) is 16.7. The van der Waals surface area contributed by atoms with E-state index in [2.05, 4.69) is 22.3 Å². The molecule has 0 radical (unpaired) electrons. The molecule has 0 spiro atoms. The molecule has 1 amide bonds. The second-order valence-electron chi connectivity index (χ2n) is 7.19. The van der Waals surface area contributed by atoms with Crippen LogP contribution in [0, 0.1) is 6.92 Å². The lowest BCUT2D eigenvalue weighted by Crippen LogP contribution is -2.43. The largest absolute Gasteiger partial charge is 0.464 e. The van der Waals surface area contributed by atoms with Gasteiger partial charge in [0.25, 0.3) is 0 Å². The van der Waals surface area contributed by atoms with Crippen molar-refractivity contribution >= 4 is 5.91 Å². The Balaban J connectivity index is 1.48. The molecule has 1 saturated heterocycles. The number of ether oxygens (including phenoxy) is 1. The topological polar surface area (TPSA) is 58.0 Å². The molecule has 0 unspecified atom stereocenters. The van der Waals surface area contributed by atoms with Crippen LogP contribution in [-0.2, 0) is 22.5 Å². The van der Waals surface area contributed by atoms with Crippen molar-refractivity contribution < 1.29 is 13.9 Å². The predicted octanol–water partition coefficient (Wildman–Crippen LogP) is 2.08. The highest BCUT2D eigenvalue weighted by Crippen LogP contribution is 2.11. The summed E-state index contributed by atoms with van der Waals surface area (Å²) in [5, 5.41) is 3.30. The van der Waals surface area contributed by atoms with Crippen LogP contribution in [0.3, 0.4) is 0 Å². The Morgan fingerprint density at radius 2 is 1.93 bits per heavy atom. The number of nitrogens with zero attached hydrogens (tertiary/aromatic N) is 2. The molecule has 0 bridgehead atoms. The highest BCUT2D eigenvalue weighted by molar-refractivity contribution is 5.78. The maximum absolute atomic E-state index is 12.8. The van der Waals surface area contributed by atoms with Crippen molar-refractivity contribution in [3.63, 3.8) is 0 Å². The first kappa shape index (κ1) is 20.6. The maximum atomic E-state index is 12.8. The Kier molecular flexibility index (Phi) is 8.08. The van der Waals surface area contributed by atoms with Gasteiger partial charge in [-0.1, -0.05) is 30.3 Å². The van der Waals surface area contributed by atoms with E-state index in [1.165, 1.54) is 5.56 Å². The van der Waals surface area contributed by atoms with Gasteiger partial charge in [0.2, 0.25) is 5.91 Å². The van der Waals surface area contributed by atoms with Crippen LogP contribution in [0.2, 0.25) is 0 Å². The average Bonchev–Trinajstić information content (AvgIpc) is 3.14. The summed E-state index contributed by atoms with van der Waals surface area (Å²) in [6, 6.07) is 14.2. The minimum absolute atomic E-state index is 0.104. The molecular weight excluding hydrogens is 354 g/mol. The van der Waals surface area contributed by atoms with Gasteiger partial charge in [-0.15, -0.1) is 0 Å². The zero-order valence-electron chi connectivity index (χ0n) is 16.7. The van der Waals surface area contributed by atoms with E-state index < -0.39 is 0 Å². The smallest absolute Gasteiger partial charge is 0.236 e. The standard InChI is InChI=1S/C22H31N3O3/c1-19-7-8-21(28-19)18-25(11-9-20-5-3-2-4-6-20)22(26)17-23-10-12-24-13-15-27-16-14-24/h2-8,23H,9-18H2,1H3. The number of nitrogens with one attached hydrogen (secondary N) is 1. The highest BCUT2D eigenvalue weighted by Gasteiger charge is 2.16. The van der Waals surface area contributed by atoms with Crippen molar-refractivity contribution in [3.05, 3.63) is 59.5 Å². The Hall–Kier alpha value is -2.15. The fourth-order valence-electron chi connectivity index (χ4n) is 3.33. The minimum Gasteiger partial charge on any atom is -0.464 e. The summed E-state index contributed by atoms with van der Waals surface area (Å²) < 4.78 is 11.1. The molecule has 0 atom stereocenters. The van der Waals surface area contributed by atoms with E-state index in [4.69, 9.17) is 9.15 Å². The fraction of sp³-hybridized carbons (Fsp3) is 0.500. The van der Waals surface area contributed by atoms with Gasteiger partial charge in [-0.05, 0) is 31.0 Å². The molecule has 2 heterocycles. The number of furan rings is 1. The Bertz CT molecular complexity index is 711. The number of benzene rings is 1. The van der Waals surface area contributed by atoms with Crippen molar-refractivity contribution in [1.82, 2.24) is 15.1 Å². The van der Waals surface area contributed by atoms with Gasteiger partial charge in [0, 0.05) is 32.7 Å². The normalized spacial score (nSPS) is 14.9. The molecule has 1 aliphatic rings. The number of amides is 1. The summed E-state index contributed by atoms with van der Waals surface area (Å²) in [4.78, 5) is 17.1. The lowest BCUT2D eigenvalue weighted by atomic mass is 10.1. The van der Waals surface area contributed by atoms with Crippen LogP contribution in [0.1, 0.15) is 17.1 Å². The van der Waals surface area contributed by atoms with Crippen molar-refractivity contribution in [2.75, 3.05) is 52.5 Å². The van der Waals surface area contributed by atoms with Crippen molar-refractivity contribution in [2.45, 2.75) is 19.9 Å². The van der Waals surface area contributed by atoms with Gasteiger partial charge in [-0.3, -0.25) is 9.69 Å². The van der Waals surface area contributed by atoms with E-state index in [0.29, 0.717) is 19.6 Å². The molecule has 1 N–H and O–H groups in total. The molecule has 3 rings (SSSR count). The van der Waals surface area contributed by atoms with Crippen molar-refractivity contribution in [1.29, 1.82) is 0 Å². The lowest BCUT2D eigenvalue weighted by molar-refractivity contribution is -0.131. The van der Waals surface area contributed by atoms with E-state index in [9.17, 15) is 4.79 Å². The Labute approximate surface area is 167 Å². The molecule has 0 saturated carbocycles. The number of carbonyl (C=O) groups is 1. The summed E-state index contributed by atoms with van der Waals surface area (Å²) in [6.07, 6.45) is 0.833. The molecule has 1 aromatic carbocycles. The maximum Gasteiger partial charge on any atom is 0.236 e. The SMILES string of the molecule is Cc1ccc(CN(CCc2ccccc2)C(=O)CNCCN2CCOCC2)o1. The number of hydrogen-bond donors (Lipinski definition) is 1. The molecule has 6 heteroatoms. The van der Waals surface area contributed by atoms with Crippen LogP contribution in [0.5, 0.6) is 0 Å². The van der Waals surface area contributed by atoms with Crippen molar-refractivity contribution in [3.8, 4) is 0 Å². The van der Waals surface area contributed by atoms with Crippen LogP contribution < -0.4 is 5.32 Å². The van der Waals surface area contributed by atoms with Crippen LogP contribution in [0.15, 0.2) is 46.9 Å². The van der Waals surface area contributed by atoms with Gasteiger partial charge < -0.3 is 19.4 Å². The van der Waals surface area contributed by atoms with Crippen LogP contribution in [-0.4, -0.2) is 68.2 Å². The summed E-state index contributed by atoms with van der Waals surface area (Å²) in [5.41, 5.74) is 1.23. The van der Waals surface area contributed by atoms with E-state index in [1.807, 2.05) is 42.2 Å². The van der Waals surface area contributed by atoms with Gasteiger partial charge in [-0.2, -0.15) is 0 Å². The summed E-state index contributed by atoms with van der Waals surface area (Å²) in [5.74, 6) is 1.80. The molecule has 1 aliphatic heterocycles. The zero-order chi connectivity index (χ0) is 19.6. The van der Waals surface area contributed by atoms with Crippen LogP contribution >= 0.6 is 0 Å². The third-order valence-electron chi connectivity index (χ3n) is 4.99. The molecule has 152 valence electrons. The molecular formula is C22H31N3O3. The Morgan fingerprint density at radius 1 is 1.14 bits per heavy atom. The third-order valence-corrected chi connectivity index (χ3v) is 4.99. The summed E-state index contributed by atoms with van der Waals surface area (Å²) in [6.45, 7) is 8.73. The predicted molar refractivity (Wildman–Crippen MR) is 109 cm³/mol. The average molecular weight is 386 g/mol. The number of aryl methyl sites for hydroxylation is 1. The number of hydrogen-bond acceptors (Lipinski definition) is 5. The first-order chi connectivity index (χ1) is 13.7. The van der Waals surface area contributed by atoms with Gasteiger partial charge >= 0.3 is 0 Å². The summed E-state index contributed by atoms with van der Waals surface area (Å²) >= 11 is 0. The molecule has 28 heavy (non-hydrogen) atoms.